The summed E-state index contributed by atoms with van der Waals surface area (Å²) in [5, 5.41) is 5.98. The highest BCUT2D eigenvalue weighted by molar-refractivity contribution is 5.95. The number of carbonyl (C=O) groups excluding carboxylic acids is 2. The Kier molecular flexibility index (Phi) is 6.45. The first-order chi connectivity index (χ1) is 16.2. The van der Waals surface area contributed by atoms with Gasteiger partial charge in [-0.1, -0.05) is 6.07 Å². The second kappa shape index (κ2) is 9.46. The topological polar surface area (TPSA) is 99.9 Å². The maximum absolute atomic E-state index is 12.3. The van der Waals surface area contributed by atoms with Gasteiger partial charge in [0, 0.05) is 55.8 Å². The molecule has 4 rings (SSSR count). The average molecular weight is 464 g/mol. The van der Waals surface area contributed by atoms with Crippen LogP contribution in [0.15, 0.2) is 47.0 Å². The van der Waals surface area contributed by atoms with Crippen LogP contribution in [0.3, 0.4) is 0 Å². The van der Waals surface area contributed by atoms with E-state index in [1.807, 2.05) is 45.0 Å². The zero-order chi connectivity index (χ0) is 24.4. The van der Waals surface area contributed by atoms with E-state index in [0.717, 1.165) is 22.5 Å². The van der Waals surface area contributed by atoms with Crippen LogP contribution >= 0.6 is 0 Å². The molecule has 2 aromatic carbocycles. The lowest BCUT2D eigenvalue weighted by Crippen LogP contribution is -2.27. The summed E-state index contributed by atoms with van der Waals surface area (Å²) in [5.74, 6) is 1.08. The molecule has 34 heavy (non-hydrogen) atoms. The second-order valence-electron chi connectivity index (χ2n) is 8.65. The first-order valence-corrected chi connectivity index (χ1v) is 11.1. The zero-order valence-corrected chi connectivity index (χ0v) is 20.0. The summed E-state index contributed by atoms with van der Waals surface area (Å²) < 4.78 is 11.9. The van der Waals surface area contributed by atoms with Crippen LogP contribution in [0, 0.1) is 6.92 Å². The van der Waals surface area contributed by atoms with Gasteiger partial charge in [0.05, 0.1) is 12.3 Å². The van der Waals surface area contributed by atoms with Gasteiger partial charge in [-0.05, 0) is 50.6 Å². The van der Waals surface area contributed by atoms with E-state index in [1.54, 1.807) is 37.3 Å². The molecule has 2 N–H and O–H groups in total. The quantitative estimate of drug-likeness (QED) is 0.538. The molecule has 0 radical (unpaired) electrons. The van der Waals surface area contributed by atoms with Gasteiger partial charge in [-0.25, -0.2) is 9.78 Å². The molecule has 0 saturated carbocycles. The normalized spacial score (nSPS) is 13.2. The average Bonchev–Trinajstić information content (AvgIpc) is 3.43. The van der Waals surface area contributed by atoms with E-state index in [9.17, 15) is 9.59 Å². The minimum absolute atomic E-state index is 0.0254. The molecule has 3 amide bonds. The largest absolute Gasteiger partial charge is 0.491 e. The van der Waals surface area contributed by atoms with Crippen molar-refractivity contribution in [2.45, 2.75) is 26.9 Å². The predicted octanol–water partition coefficient (Wildman–Crippen LogP) is 4.41. The monoisotopic (exact) mass is 463 g/mol. The third-order valence-corrected chi connectivity index (χ3v) is 5.35. The number of aromatic nitrogens is 1. The lowest BCUT2D eigenvalue weighted by molar-refractivity contribution is 0.0827. The smallest absolute Gasteiger partial charge is 0.321 e. The molecule has 3 aromatic rings. The molecule has 9 heteroatoms. The molecule has 1 fully saturated rings. The molecule has 0 spiro atoms. The number of hydrogen-bond acceptors (Lipinski definition) is 6. The van der Waals surface area contributed by atoms with Crippen LogP contribution in [-0.4, -0.2) is 55.1 Å². The van der Waals surface area contributed by atoms with Gasteiger partial charge in [-0.3, -0.25) is 9.69 Å². The summed E-state index contributed by atoms with van der Waals surface area (Å²) in [7, 11) is 3.43. The zero-order valence-electron chi connectivity index (χ0n) is 20.0. The Morgan fingerprint density at radius 3 is 2.71 bits per heavy atom. The Labute approximate surface area is 198 Å². The molecular formula is C25H29N5O4. The van der Waals surface area contributed by atoms with Gasteiger partial charge in [-0.15, -0.1) is 0 Å². The highest BCUT2D eigenvalue weighted by atomic mass is 16.5. The lowest BCUT2D eigenvalue weighted by atomic mass is 10.1. The van der Waals surface area contributed by atoms with E-state index >= 15 is 0 Å². The summed E-state index contributed by atoms with van der Waals surface area (Å²) in [5.41, 5.74) is 3.70. The number of carbonyl (C=O) groups is 2. The van der Waals surface area contributed by atoms with Crippen LogP contribution < -0.4 is 20.3 Å². The van der Waals surface area contributed by atoms with Crippen molar-refractivity contribution < 1.29 is 18.7 Å². The van der Waals surface area contributed by atoms with Crippen molar-refractivity contribution >= 4 is 29.3 Å². The summed E-state index contributed by atoms with van der Waals surface area (Å²) in [4.78, 5) is 32.1. The molecule has 1 aliphatic heterocycles. The predicted molar refractivity (Wildman–Crippen MR) is 131 cm³/mol. The van der Waals surface area contributed by atoms with E-state index in [2.05, 4.69) is 15.6 Å². The van der Waals surface area contributed by atoms with E-state index < -0.39 is 0 Å². The van der Waals surface area contributed by atoms with E-state index in [1.165, 1.54) is 4.90 Å². The Morgan fingerprint density at radius 1 is 1.24 bits per heavy atom. The van der Waals surface area contributed by atoms with Crippen molar-refractivity contribution in [1.82, 2.24) is 15.2 Å². The Hall–Kier alpha value is -4.01. The van der Waals surface area contributed by atoms with Crippen molar-refractivity contribution in [3.63, 3.8) is 0 Å². The third kappa shape index (κ3) is 4.98. The van der Waals surface area contributed by atoms with Gasteiger partial charge in [0.15, 0.2) is 5.76 Å². The Morgan fingerprint density at radius 2 is 2.03 bits per heavy atom. The standard InChI is InChI=1S/C25H29N5O4/c1-15(2)33-20-11-18(10-19(13-20)30-9-8-26-25(30)32)22-14-27-24(34-22)28-21-12-17(7-6-16(21)3)23(31)29(4)5/h6-7,10-15H,8-9H2,1-5H3,(H,26,32)(H,27,28). The van der Waals surface area contributed by atoms with Crippen molar-refractivity contribution in [1.29, 1.82) is 0 Å². The van der Waals surface area contributed by atoms with Crippen molar-refractivity contribution in [3.8, 4) is 17.1 Å². The minimum Gasteiger partial charge on any atom is -0.491 e. The third-order valence-electron chi connectivity index (χ3n) is 5.35. The highest BCUT2D eigenvalue weighted by Crippen LogP contribution is 2.33. The maximum atomic E-state index is 12.3. The van der Waals surface area contributed by atoms with Crippen LogP contribution in [0.1, 0.15) is 29.8 Å². The summed E-state index contributed by atoms with van der Waals surface area (Å²) in [6.45, 7) is 7.00. The molecule has 2 heterocycles. The molecule has 0 unspecified atom stereocenters. The first-order valence-electron chi connectivity index (χ1n) is 11.1. The summed E-state index contributed by atoms with van der Waals surface area (Å²) >= 11 is 0. The molecule has 1 aliphatic rings. The summed E-state index contributed by atoms with van der Waals surface area (Å²) in [6.07, 6.45) is 1.59. The van der Waals surface area contributed by atoms with E-state index in [4.69, 9.17) is 9.15 Å². The Bertz CT molecular complexity index is 1220. The number of urea groups is 1. The Balaban J connectivity index is 1.63. The minimum atomic E-state index is -0.143. The van der Waals surface area contributed by atoms with Crippen molar-refractivity contribution in [3.05, 3.63) is 53.7 Å². The van der Waals surface area contributed by atoms with Crippen LogP contribution in [0.25, 0.3) is 11.3 Å². The molecule has 178 valence electrons. The highest BCUT2D eigenvalue weighted by Gasteiger charge is 2.23. The molecule has 1 saturated heterocycles. The van der Waals surface area contributed by atoms with Crippen LogP contribution in [0.2, 0.25) is 0 Å². The van der Waals surface area contributed by atoms with Gasteiger partial charge in [0.2, 0.25) is 0 Å². The second-order valence-corrected chi connectivity index (χ2v) is 8.65. The van der Waals surface area contributed by atoms with Crippen LogP contribution in [0.5, 0.6) is 5.75 Å². The number of benzene rings is 2. The van der Waals surface area contributed by atoms with Gasteiger partial charge in [0.25, 0.3) is 11.9 Å². The lowest BCUT2D eigenvalue weighted by Gasteiger charge is -2.18. The molecule has 0 bridgehead atoms. The number of ether oxygens (including phenoxy) is 1. The van der Waals surface area contributed by atoms with Gasteiger partial charge < -0.3 is 24.7 Å². The SMILES string of the molecule is Cc1ccc(C(=O)N(C)C)cc1Nc1ncc(-c2cc(OC(C)C)cc(N3CCNC3=O)c2)o1. The summed E-state index contributed by atoms with van der Waals surface area (Å²) in [6, 6.07) is 11.2. The number of amides is 3. The van der Waals surface area contributed by atoms with Crippen LogP contribution in [-0.2, 0) is 0 Å². The van der Waals surface area contributed by atoms with Gasteiger partial charge in [0.1, 0.15) is 5.75 Å². The molecule has 0 aliphatic carbocycles. The van der Waals surface area contributed by atoms with E-state index in [-0.39, 0.29) is 18.0 Å². The number of anilines is 3. The van der Waals surface area contributed by atoms with Crippen LogP contribution in [0.4, 0.5) is 22.2 Å². The maximum Gasteiger partial charge on any atom is 0.321 e. The number of nitrogens with one attached hydrogen (secondary N) is 2. The van der Waals surface area contributed by atoms with Crippen molar-refractivity contribution in [2.24, 2.45) is 0 Å². The van der Waals surface area contributed by atoms with Crippen molar-refractivity contribution in [2.75, 3.05) is 37.4 Å². The first kappa shape index (κ1) is 23.2. The number of rotatable bonds is 7. The molecule has 1 aromatic heterocycles. The fourth-order valence-electron chi connectivity index (χ4n) is 3.67. The molecule has 9 nitrogen and oxygen atoms in total. The van der Waals surface area contributed by atoms with Gasteiger partial charge >= 0.3 is 6.03 Å². The number of nitrogens with zero attached hydrogens (tertiary/aromatic N) is 3. The fourth-order valence-corrected chi connectivity index (χ4v) is 3.67. The molecule has 0 atom stereocenters. The fraction of sp³-hybridized carbons (Fsp3) is 0.320. The van der Waals surface area contributed by atoms with E-state index in [0.29, 0.717) is 36.2 Å². The molecular weight excluding hydrogens is 434 g/mol. The number of hydrogen-bond donors (Lipinski definition) is 2. The van der Waals surface area contributed by atoms with Gasteiger partial charge in [-0.2, -0.15) is 0 Å². The number of aryl methyl sites for hydroxylation is 1. The number of oxazole rings is 1.